The summed E-state index contributed by atoms with van der Waals surface area (Å²) in [5.74, 6) is -0.373. The number of aromatic nitrogens is 3. The molecule has 3 aliphatic heterocycles. The smallest absolute Gasteiger partial charge is 0.379 e. The Hall–Kier alpha value is -3.35. The molecule has 1 aromatic heterocycles. The zero-order valence-corrected chi connectivity index (χ0v) is 22.3. The molecular formula is C28H29F4N5O3. The standard InChI is InChI=1S/C28H29F4N5O3/c1-26(39-3)12-36(13-26)10-17-7-20-21(22(8-17)28(30,31)32)11-37(25(20)38)19-6-4-5-18(9-19)27(14-40-15-27)23(29)24-34-33-16-35(24)2/h4-9,16,23H,10-15H2,1-3H3/t23-/m0/s1. The number of methoxy groups -OCH3 is 1. The van der Waals surface area contributed by atoms with Gasteiger partial charge in [-0.1, -0.05) is 12.1 Å². The van der Waals surface area contributed by atoms with Crippen LogP contribution < -0.4 is 4.90 Å². The number of ether oxygens (including phenoxy) is 2. The van der Waals surface area contributed by atoms with Crippen LogP contribution in [0.25, 0.3) is 0 Å². The summed E-state index contributed by atoms with van der Waals surface area (Å²) in [6.45, 7) is 3.36. The molecule has 12 heteroatoms. The van der Waals surface area contributed by atoms with Crippen LogP contribution in [-0.4, -0.2) is 64.6 Å². The highest BCUT2D eigenvalue weighted by Gasteiger charge is 2.51. The molecule has 1 amide bonds. The Morgan fingerprint density at radius 1 is 1.18 bits per heavy atom. The quantitative estimate of drug-likeness (QED) is 0.405. The van der Waals surface area contributed by atoms with E-state index in [0.717, 1.165) is 6.07 Å². The summed E-state index contributed by atoms with van der Waals surface area (Å²) in [6.07, 6.45) is -4.74. The number of fused-ring (bicyclic) bond motifs is 1. The molecule has 0 unspecified atom stereocenters. The maximum absolute atomic E-state index is 15.8. The topological polar surface area (TPSA) is 72.7 Å². The summed E-state index contributed by atoms with van der Waals surface area (Å²) in [4.78, 5) is 16.9. The maximum Gasteiger partial charge on any atom is 0.416 e. The molecule has 4 heterocycles. The lowest BCUT2D eigenvalue weighted by Gasteiger charge is -2.47. The van der Waals surface area contributed by atoms with E-state index < -0.39 is 29.2 Å². The van der Waals surface area contributed by atoms with Gasteiger partial charge in [-0.25, -0.2) is 4.39 Å². The van der Waals surface area contributed by atoms with E-state index in [1.807, 2.05) is 11.8 Å². The SMILES string of the molecule is COC1(C)CN(Cc2cc3c(c(C(F)(F)F)c2)CN(c2cccc(C4([C@@H](F)c5nncn5C)COC4)c2)C3=O)C1. The minimum absolute atomic E-state index is 0.0365. The van der Waals surface area contributed by atoms with Crippen molar-refractivity contribution < 1.29 is 31.8 Å². The summed E-state index contributed by atoms with van der Waals surface area (Å²) in [5.41, 5.74) is -0.815. The first-order chi connectivity index (χ1) is 18.9. The molecule has 0 aliphatic carbocycles. The molecule has 8 nitrogen and oxygen atoms in total. The molecule has 212 valence electrons. The van der Waals surface area contributed by atoms with E-state index in [2.05, 4.69) is 10.2 Å². The van der Waals surface area contributed by atoms with Crippen molar-refractivity contribution in [3.63, 3.8) is 0 Å². The van der Waals surface area contributed by atoms with E-state index >= 15 is 4.39 Å². The number of halogens is 4. The lowest BCUT2D eigenvalue weighted by molar-refractivity contribution is -0.138. The minimum Gasteiger partial charge on any atom is -0.379 e. The number of rotatable bonds is 7. The van der Waals surface area contributed by atoms with Gasteiger partial charge in [-0.15, -0.1) is 10.2 Å². The lowest BCUT2D eigenvalue weighted by atomic mass is 9.74. The van der Waals surface area contributed by atoms with Crippen LogP contribution in [0, 0.1) is 0 Å². The van der Waals surface area contributed by atoms with Gasteiger partial charge < -0.3 is 18.9 Å². The monoisotopic (exact) mass is 559 g/mol. The number of likely N-dealkylation sites (tertiary alicyclic amines) is 1. The van der Waals surface area contributed by atoms with Gasteiger partial charge in [0.05, 0.1) is 36.3 Å². The Kier molecular flexibility index (Phi) is 6.28. The van der Waals surface area contributed by atoms with Crippen LogP contribution in [0.1, 0.15) is 51.5 Å². The van der Waals surface area contributed by atoms with E-state index in [9.17, 15) is 18.0 Å². The summed E-state index contributed by atoms with van der Waals surface area (Å²) in [7, 11) is 3.26. The highest BCUT2D eigenvalue weighted by Crippen LogP contribution is 2.47. The molecule has 2 saturated heterocycles. The molecule has 3 aliphatic rings. The molecule has 40 heavy (non-hydrogen) atoms. The number of hydrogen-bond donors (Lipinski definition) is 0. The Morgan fingerprint density at radius 2 is 1.93 bits per heavy atom. The first kappa shape index (κ1) is 26.9. The maximum atomic E-state index is 15.8. The van der Waals surface area contributed by atoms with Crippen molar-refractivity contribution in [2.75, 3.05) is 38.3 Å². The Morgan fingerprint density at radius 3 is 2.52 bits per heavy atom. The second-order valence-corrected chi connectivity index (χ2v) is 11.2. The van der Waals surface area contributed by atoms with Crippen molar-refractivity contribution in [1.82, 2.24) is 19.7 Å². The molecule has 1 atom stereocenters. The van der Waals surface area contributed by atoms with Gasteiger partial charge in [0.15, 0.2) is 12.0 Å². The van der Waals surface area contributed by atoms with Crippen molar-refractivity contribution in [3.8, 4) is 0 Å². The molecule has 2 fully saturated rings. The van der Waals surface area contributed by atoms with Gasteiger partial charge in [0.25, 0.3) is 5.91 Å². The first-order valence-electron chi connectivity index (χ1n) is 12.9. The molecular weight excluding hydrogens is 530 g/mol. The van der Waals surface area contributed by atoms with Gasteiger partial charge in [0.1, 0.15) is 6.33 Å². The lowest BCUT2D eigenvalue weighted by Crippen LogP contribution is -2.60. The number of alkyl halides is 4. The van der Waals surface area contributed by atoms with Gasteiger partial charge in [0, 0.05) is 45.0 Å². The Balaban J connectivity index is 1.31. The van der Waals surface area contributed by atoms with Gasteiger partial charge in [0.2, 0.25) is 0 Å². The van der Waals surface area contributed by atoms with Crippen LogP contribution in [0.5, 0.6) is 0 Å². The number of amides is 1. The Bertz CT molecular complexity index is 1460. The fourth-order valence-corrected chi connectivity index (χ4v) is 5.95. The second kappa shape index (κ2) is 9.35. The average Bonchev–Trinajstić information content (AvgIpc) is 3.44. The molecule has 6 rings (SSSR count). The summed E-state index contributed by atoms with van der Waals surface area (Å²) in [6, 6.07) is 9.43. The molecule has 0 saturated carbocycles. The van der Waals surface area contributed by atoms with E-state index in [0.29, 0.717) is 29.9 Å². The van der Waals surface area contributed by atoms with Gasteiger partial charge in [-0.2, -0.15) is 13.2 Å². The number of nitrogens with zero attached hydrogens (tertiary/aromatic N) is 5. The van der Waals surface area contributed by atoms with Crippen molar-refractivity contribution >= 4 is 11.6 Å². The number of hydrogen-bond acceptors (Lipinski definition) is 6. The van der Waals surface area contributed by atoms with Gasteiger partial charge in [-0.05, 0) is 47.9 Å². The van der Waals surface area contributed by atoms with Crippen molar-refractivity contribution in [1.29, 1.82) is 0 Å². The second-order valence-electron chi connectivity index (χ2n) is 11.2. The van der Waals surface area contributed by atoms with E-state index in [1.54, 1.807) is 44.5 Å². The van der Waals surface area contributed by atoms with E-state index in [4.69, 9.17) is 9.47 Å². The van der Waals surface area contributed by atoms with Crippen molar-refractivity contribution in [3.05, 3.63) is 76.4 Å². The number of carbonyl (C=O) groups excluding carboxylic acids is 1. The van der Waals surface area contributed by atoms with Crippen molar-refractivity contribution in [2.45, 2.75) is 43.4 Å². The van der Waals surface area contributed by atoms with Crippen LogP contribution in [0.15, 0.2) is 42.7 Å². The van der Waals surface area contributed by atoms with E-state index in [-0.39, 0.29) is 48.9 Å². The predicted octanol–water partition coefficient (Wildman–Crippen LogP) is 4.19. The van der Waals surface area contributed by atoms with Crippen molar-refractivity contribution in [2.24, 2.45) is 7.05 Å². The fourth-order valence-electron chi connectivity index (χ4n) is 5.95. The number of carbonyl (C=O) groups is 1. The number of aryl methyl sites for hydroxylation is 1. The highest BCUT2D eigenvalue weighted by atomic mass is 19.4. The van der Waals surface area contributed by atoms with Gasteiger partial charge in [-0.3, -0.25) is 9.69 Å². The van der Waals surface area contributed by atoms with Crippen LogP contribution in [0.2, 0.25) is 0 Å². The molecule has 0 bridgehead atoms. The largest absolute Gasteiger partial charge is 0.416 e. The molecule has 0 spiro atoms. The zero-order chi connectivity index (χ0) is 28.4. The summed E-state index contributed by atoms with van der Waals surface area (Å²) < 4.78 is 70.7. The first-order valence-corrected chi connectivity index (χ1v) is 12.9. The van der Waals surface area contributed by atoms with Crippen LogP contribution in [0.4, 0.5) is 23.2 Å². The van der Waals surface area contributed by atoms with Crippen LogP contribution in [-0.2, 0) is 41.2 Å². The number of anilines is 1. The fraction of sp³-hybridized carbons (Fsp3) is 0.464. The third-order valence-electron chi connectivity index (χ3n) is 8.33. The zero-order valence-electron chi connectivity index (χ0n) is 22.3. The molecule has 3 aromatic rings. The summed E-state index contributed by atoms with van der Waals surface area (Å²) in [5, 5.41) is 7.69. The predicted molar refractivity (Wildman–Crippen MR) is 136 cm³/mol. The highest BCUT2D eigenvalue weighted by molar-refractivity contribution is 6.10. The normalized spacial score (nSPS) is 20.7. The van der Waals surface area contributed by atoms with Gasteiger partial charge >= 0.3 is 6.18 Å². The number of benzene rings is 2. The third-order valence-corrected chi connectivity index (χ3v) is 8.33. The molecule has 0 N–H and O–H groups in total. The average molecular weight is 560 g/mol. The third kappa shape index (κ3) is 4.29. The molecule has 0 radical (unpaired) electrons. The summed E-state index contributed by atoms with van der Waals surface area (Å²) >= 11 is 0. The van der Waals surface area contributed by atoms with Crippen LogP contribution >= 0.6 is 0 Å². The minimum atomic E-state index is -4.63. The molecule has 2 aromatic carbocycles. The van der Waals surface area contributed by atoms with E-state index in [1.165, 1.54) is 15.8 Å². The Labute approximate surface area is 228 Å². The van der Waals surface area contributed by atoms with Crippen LogP contribution in [0.3, 0.4) is 0 Å².